The standard InChI is InChI=1S/C14H29N3S/c1-6-14(7-2)10-15-13(18-11-14)16-12(3)8-9-17(4)5/h12H,6-11H2,1-5H3,(H,15,16). The lowest BCUT2D eigenvalue weighted by Gasteiger charge is -2.34. The van der Waals surface area contributed by atoms with Gasteiger partial charge in [0.1, 0.15) is 0 Å². The van der Waals surface area contributed by atoms with Crippen molar-refractivity contribution < 1.29 is 0 Å². The number of rotatable bonds is 6. The molecule has 0 aromatic carbocycles. The summed E-state index contributed by atoms with van der Waals surface area (Å²) in [6.45, 7) is 8.94. The van der Waals surface area contributed by atoms with Crippen LogP contribution in [0.4, 0.5) is 0 Å². The molecule has 3 nitrogen and oxygen atoms in total. The Hall–Kier alpha value is -0.220. The molecule has 0 aromatic rings. The van der Waals surface area contributed by atoms with E-state index >= 15 is 0 Å². The summed E-state index contributed by atoms with van der Waals surface area (Å²) < 4.78 is 0. The average molecular weight is 271 g/mol. The summed E-state index contributed by atoms with van der Waals surface area (Å²) in [6, 6.07) is 0.509. The second kappa shape index (κ2) is 7.39. The molecule has 0 saturated carbocycles. The van der Waals surface area contributed by atoms with Crippen molar-refractivity contribution >= 4 is 16.9 Å². The van der Waals surface area contributed by atoms with Crippen molar-refractivity contribution in [3.05, 3.63) is 0 Å². The van der Waals surface area contributed by atoms with Gasteiger partial charge >= 0.3 is 0 Å². The summed E-state index contributed by atoms with van der Waals surface area (Å²) >= 11 is 1.91. The van der Waals surface area contributed by atoms with Gasteiger partial charge < -0.3 is 10.2 Å². The first-order valence-corrected chi connectivity index (χ1v) is 8.08. The van der Waals surface area contributed by atoms with Gasteiger partial charge in [0.2, 0.25) is 0 Å². The smallest absolute Gasteiger partial charge is 0.156 e. The lowest BCUT2D eigenvalue weighted by Crippen LogP contribution is -2.38. The van der Waals surface area contributed by atoms with Crippen molar-refractivity contribution in [2.24, 2.45) is 10.4 Å². The Morgan fingerprint density at radius 3 is 2.50 bits per heavy atom. The fourth-order valence-corrected chi connectivity index (χ4v) is 3.43. The van der Waals surface area contributed by atoms with E-state index in [4.69, 9.17) is 4.99 Å². The molecule has 106 valence electrons. The maximum Gasteiger partial charge on any atom is 0.156 e. The molecule has 1 unspecified atom stereocenters. The summed E-state index contributed by atoms with van der Waals surface area (Å²) in [4.78, 5) is 6.98. The molecule has 0 aromatic heterocycles. The predicted molar refractivity (Wildman–Crippen MR) is 83.5 cm³/mol. The topological polar surface area (TPSA) is 27.6 Å². The third-order valence-corrected chi connectivity index (χ3v) is 5.23. The van der Waals surface area contributed by atoms with E-state index in [0.717, 1.165) is 18.3 Å². The number of aliphatic imine (C=N–C) groups is 1. The van der Waals surface area contributed by atoms with Crippen LogP contribution in [0, 0.1) is 5.41 Å². The molecule has 0 bridgehead atoms. The van der Waals surface area contributed by atoms with Crippen molar-refractivity contribution in [3.63, 3.8) is 0 Å². The minimum absolute atomic E-state index is 0.447. The number of hydrogen-bond donors (Lipinski definition) is 1. The van der Waals surface area contributed by atoms with Gasteiger partial charge in [0, 0.05) is 18.3 Å². The van der Waals surface area contributed by atoms with Crippen LogP contribution in [0.1, 0.15) is 40.0 Å². The van der Waals surface area contributed by atoms with Gasteiger partial charge in [-0.2, -0.15) is 0 Å². The molecule has 1 heterocycles. The van der Waals surface area contributed by atoms with Gasteiger partial charge in [0.05, 0.1) is 0 Å². The third-order valence-electron chi connectivity index (χ3n) is 3.95. The van der Waals surface area contributed by atoms with Crippen molar-refractivity contribution in [2.45, 2.75) is 46.1 Å². The molecule has 18 heavy (non-hydrogen) atoms. The molecule has 0 fully saturated rings. The fourth-order valence-electron chi connectivity index (χ4n) is 2.05. The fraction of sp³-hybridized carbons (Fsp3) is 0.929. The van der Waals surface area contributed by atoms with Gasteiger partial charge in [-0.3, -0.25) is 4.99 Å². The first kappa shape index (κ1) is 15.8. The van der Waals surface area contributed by atoms with Gasteiger partial charge in [-0.05, 0) is 52.2 Å². The Morgan fingerprint density at radius 1 is 1.39 bits per heavy atom. The first-order chi connectivity index (χ1) is 8.51. The molecule has 1 atom stereocenters. The van der Waals surface area contributed by atoms with Crippen LogP contribution in [-0.2, 0) is 0 Å². The second-order valence-electron chi connectivity index (χ2n) is 5.75. The van der Waals surface area contributed by atoms with Crippen molar-refractivity contribution in [1.29, 1.82) is 0 Å². The van der Waals surface area contributed by atoms with Gasteiger partial charge in [0.25, 0.3) is 0 Å². The van der Waals surface area contributed by atoms with Crippen LogP contribution in [0.3, 0.4) is 0 Å². The van der Waals surface area contributed by atoms with E-state index in [-0.39, 0.29) is 0 Å². The molecule has 1 aliphatic heterocycles. The minimum atomic E-state index is 0.447. The van der Waals surface area contributed by atoms with Gasteiger partial charge in [-0.1, -0.05) is 25.6 Å². The van der Waals surface area contributed by atoms with E-state index in [1.807, 2.05) is 11.8 Å². The lowest BCUT2D eigenvalue weighted by molar-refractivity contribution is 0.317. The predicted octanol–water partition coefficient (Wildman–Crippen LogP) is 2.83. The summed E-state index contributed by atoms with van der Waals surface area (Å²) in [5.74, 6) is 1.21. The van der Waals surface area contributed by atoms with Gasteiger partial charge in [-0.15, -0.1) is 0 Å². The highest BCUT2D eigenvalue weighted by Gasteiger charge is 2.30. The van der Waals surface area contributed by atoms with E-state index in [1.165, 1.54) is 25.0 Å². The zero-order valence-electron chi connectivity index (χ0n) is 12.6. The molecule has 1 rings (SSSR count). The molecule has 1 aliphatic rings. The molecule has 0 spiro atoms. The monoisotopic (exact) mass is 271 g/mol. The van der Waals surface area contributed by atoms with Crippen LogP contribution in [0.15, 0.2) is 4.99 Å². The maximum absolute atomic E-state index is 4.75. The minimum Gasteiger partial charge on any atom is -0.362 e. The summed E-state index contributed by atoms with van der Waals surface area (Å²) in [5.41, 5.74) is 0.447. The SMILES string of the molecule is CCC1(CC)CN=C(NC(C)CCN(C)C)SC1. The number of thioether (sulfide) groups is 1. The zero-order valence-corrected chi connectivity index (χ0v) is 13.4. The molecule has 1 N–H and O–H groups in total. The van der Waals surface area contributed by atoms with E-state index in [1.54, 1.807) is 0 Å². The van der Waals surface area contributed by atoms with Gasteiger partial charge in [-0.25, -0.2) is 0 Å². The summed E-state index contributed by atoms with van der Waals surface area (Å²) in [5, 5.41) is 4.70. The normalized spacial score (nSPS) is 20.7. The summed E-state index contributed by atoms with van der Waals surface area (Å²) in [6.07, 6.45) is 3.65. The molecule has 0 amide bonds. The van der Waals surface area contributed by atoms with Crippen molar-refractivity contribution in [2.75, 3.05) is 32.9 Å². The molecule has 0 radical (unpaired) electrons. The third kappa shape index (κ3) is 4.81. The average Bonchev–Trinajstić information content (AvgIpc) is 2.38. The quantitative estimate of drug-likeness (QED) is 0.805. The summed E-state index contributed by atoms with van der Waals surface area (Å²) in [7, 11) is 4.24. The molecular formula is C14H29N3S. The zero-order chi connectivity index (χ0) is 13.6. The van der Waals surface area contributed by atoms with Crippen LogP contribution in [0.2, 0.25) is 0 Å². The largest absolute Gasteiger partial charge is 0.362 e. The number of amidine groups is 1. The van der Waals surface area contributed by atoms with Crippen LogP contribution in [-0.4, -0.2) is 49.0 Å². The van der Waals surface area contributed by atoms with E-state index in [2.05, 4.69) is 45.1 Å². The van der Waals surface area contributed by atoms with Crippen LogP contribution in [0.25, 0.3) is 0 Å². The van der Waals surface area contributed by atoms with Crippen LogP contribution >= 0.6 is 11.8 Å². The number of nitrogens with one attached hydrogen (secondary N) is 1. The van der Waals surface area contributed by atoms with E-state index in [9.17, 15) is 0 Å². The van der Waals surface area contributed by atoms with Crippen LogP contribution in [0.5, 0.6) is 0 Å². The number of nitrogens with zero attached hydrogens (tertiary/aromatic N) is 2. The van der Waals surface area contributed by atoms with E-state index < -0.39 is 0 Å². The second-order valence-corrected chi connectivity index (χ2v) is 6.72. The lowest BCUT2D eigenvalue weighted by atomic mass is 9.84. The highest BCUT2D eigenvalue weighted by molar-refractivity contribution is 8.13. The van der Waals surface area contributed by atoms with Crippen molar-refractivity contribution in [3.8, 4) is 0 Å². The Balaban J connectivity index is 2.39. The molecule has 0 saturated heterocycles. The molecule has 0 aliphatic carbocycles. The van der Waals surface area contributed by atoms with Gasteiger partial charge in [0.15, 0.2) is 5.17 Å². The molecular weight excluding hydrogens is 242 g/mol. The Morgan fingerprint density at radius 2 is 2.06 bits per heavy atom. The van der Waals surface area contributed by atoms with E-state index in [0.29, 0.717) is 11.5 Å². The maximum atomic E-state index is 4.75. The number of hydrogen-bond acceptors (Lipinski definition) is 4. The molecule has 4 heteroatoms. The highest BCUT2D eigenvalue weighted by atomic mass is 32.2. The van der Waals surface area contributed by atoms with Crippen LogP contribution < -0.4 is 5.32 Å². The van der Waals surface area contributed by atoms with Crippen molar-refractivity contribution in [1.82, 2.24) is 10.2 Å². The Labute approximate surface area is 117 Å². The Kier molecular flexibility index (Phi) is 6.50. The Bertz CT molecular complexity index is 272. The highest BCUT2D eigenvalue weighted by Crippen LogP contribution is 2.34. The first-order valence-electron chi connectivity index (χ1n) is 7.10.